The van der Waals surface area contributed by atoms with Gasteiger partial charge in [-0.05, 0) is 56.3 Å². The largest absolute Gasteiger partial charge is 0.479 e. The van der Waals surface area contributed by atoms with Crippen molar-refractivity contribution in [1.29, 1.82) is 0 Å². The number of carbonyl (C=O) groups is 1. The van der Waals surface area contributed by atoms with Crippen LogP contribution in [0.1, 0.15) is 12.7 Å². The summed E-state index contributed by atoms with van der Waals surface area (Å²) in [7, 11) is 0. The molecule has 0 saturated carbocycles. The standard InChI is InChI=1S/C21H17Cl2N5O2/c1-12(30-19-8-6-15(22)11-17(19)23)21(29)24-16-5-3-4-14(10-16)18-7-9-20-26-25-13(2)28(20)27-18/h3-12H,1-2H3,(H,24,29)/t12-/m1/s1. The topological polar surface area (TPSA) is 81.4 Å². The van der Waals surface area contributed by atoms with Crippen LogP contribution in [0.2, 0.25) is 10.0 Å². The molecular formula is C21H17Cl2N5O2. The first-order valence-corrected chi connectivity index (χ1v) is 9.88. The highest BCUT2D eigenvalue weighted by molar-refractivity contribution is 6.35. The van der Waals surface area contributed by atoms with E-state index in [1.807, 2.05) is 37.3 Å². The minimum atomic E-state index is -0.763. The fraction of sp³-hybridized carbons (Fsp3) is 0.143. The minimum absolute atomic E-state index is 0.309. The Morgan fingerprint density at radius 1 is 1.10 bits per heavy atom. The summed E-state index contributed by atoms with van der Waals surface area (Å²) in [6, 6.07) is 15.9. The Balaban J connectivity index is 1.50. The van der Waals surface area contributed by atoms with Gasteiger partial charge in [0, 0.05) is 16.3 Å². The zero-order valence-electron chi connectivity index (χ0n) is 16.1. The number of nitrogens with zero attached hydrogens (tertiary/aromatic N) is 4. The van der Waals surface area contributed by atoms with Crippen LogP contribution < -0.4 is 10.1 Å². The number of anilines is 1. The van der Waals surface area contributed by atoms with Crippen LogP contribution in [0.25, 0.3) is 16.9 Å². The van der Waals surface area contributed by atoms with Gasteiger partial charge in [0.2, 0.25) is 0 Å². The molecule has 4 aromatic rings. The summed E-state index contributed by atoms with van der Waals surface area (Å²) in [5.74, 6) is 0.777. The number of benzene rings is 2. The molecule has 0 saturated heterocycles. The number of ether oxygens (including phenoxy) is 1. The number of aryl methyl sites for hydroxylation is 1. The van der Waals surface area contributed by atoms with Gasteiger partial charge in [-0.2, -0.15) is 9.61 Å². The second-order valence-electron chi connectivity index (χ2n) is 6.64. The van der Waals surface area contributed by atoms with Crippen LogP contribution in [0, 0.1) is 6.92 Å². The van der Waals surface area contributed by atoms with Gasteiger partial charge in [-0.15, -0.1) is 10.2 Å². The molecule has 1 amide bonds. The van der Waals surface area contributed by atoms with E-state index in [2.05, 4.69) is 20.6 Å². The number of halogens is 2. The number of rotatable bonds is 5. The lowest BCUT2D eigenvalue weighted by Crippen LogP contribution is -2.30. The summed E-state index contributed by atoms with van der Waals surface area (Å²) >= 11 is 12.0. The molecule has 30 heavy (non-hydrogen) atoms. The monoisotopic (exact) mass is 441 g/mol. The molecule has 0 radical (unpaired) electrons. The number of hydrogen-bond acceptors (Lipinski definition) is 5. The molecule has 2 aromatic carbocycles. The number of nitrogens with one attached hydrogen (secondary N) is 1. The molecule has 0 aliphatic carbocycles. The molecular weight excluding hydrogens is 425 g/mol. The van der Waals surface area contributed by atoms with Crippen molar-refractivity contribution in [3.63, 3.8) is 0 Å². The second kappa shape index (κ2) is 8.30. The first-order chi connectivity index (χ1) is 14.4. The first kappa shape index (κ1) is 20.1. The normalized spacial score (nSPS) is 12.0. The Labute approximate surface area is 182 Å². The van der Waals surface area contributed by atoms with E-state index in [9.17, 15) is 4.79 Å². The van der Waals surface area contributed by atoms with Crippen molar-refractivity contribution in [3.8, 4) is 17.0 Å². The SMILES string of the molecule is Cc1nnc2ccc(-c3cccc(NC(=O)[C@@H](C)Oc4ccc(Cl)cc4Cl)c3)nn12. The van der Waals surface area contributed by atoms with E-state index >= 15 is 0 Å². The van der Waals surface area contributed by atoms with Crippen LogP contribution in [0.15, 0.2) is 54.6 Å². The summed E-state index contributed by atoms with van der Waals surface area (Å²) in [5.41, 5.74) is 2.88. The van der Waals surface area contributed by atoms with Crippen molar-refractivity contribution < 1.29 is 9.53 Å². The Hall–Kier alpha value is -3.16. The molecule has 2 heterocycles. The molecule has 0 bridgehead atoms. The van der Waals surface area contributed by atoms with Crippen molar-refractivity contribution in [3.05, 3.63) is 70.5 Å². The van der Waals surface area contributed by atoms with Gasteiger partial charge in [-0.25, -0.2) is 0 Å². The lowest BCUT2D eigenvalue weighted by atomic mass is 10.1. The molecule has 7 nitrogen and oxygen atoms in total. The highest BCUT2D eigenvalue weighted by Crippen LogP contribution is 2.28. The van der Waals surface area contributed by atoms with Gasteiger partial charge >= 0.3 is 0 Å². The van der Waals surface area contributed by atoms with Crippen LogP contribution in [-0.2, 0) is 4.79 Å². The zero-order chi connectivity index (χ0) is 21.3. The third-order valence-electron chi connectivity index (χ3n) is 4.41. The molecule has 0 aliphatic heterocycles. The summed E-state index contributed by atoms with van der Waals surface area (Å²) in [6.07, 6.45) is -0.763. The summed E-state index contributed by atoms with van der Waals surface area (Å²) in [6.45, 7) is 3.48. The van der Waals surface area contributed by atoms with Gasteiger partial charge in [-0.3, -0.25) is 4.79 Å². The highest BCUT2D eigenvalue weighted by atomic mass is 35.5. The van der Waals surface area contributed by atoms with E-state index in [0.717, 1.165) is 11.3 Å². The van der Waals surface area contributed by atoms with Gasteiger partial charge in [0.05, 0.1) is 10.7 Å². The van der Waals surface area contributed by atoms with Crippen LogP contribution in [0.5, 0.6) is 5.75 Å². The maximum Gasteiger partial charge on any atom is 0.265 e. The number of hydrogen-bond donors (Lipinski definition) is 1. The Kier molecular flexibility index (Phi) is 5.57. The van der Waals surface area contributed by atoms with E-state index in [0.29, 0.717) is 33.0 Å². The van der Waals surface area contributed by atoms with E-state index in [1.54, 1.807) is 35.7 Å². The smallest absolute Gasteiger partial charge is 0.265 e. The second-order valence-corrected chi connectivity index (χ2v) is 7.48. The average Bonchev–Trinajstić information content (AvgIpc) is 3.10. The summed E-state index contributed by atoms with van der Waals surface area (Å²) < 4.78 is 7.34. The quantitative estimate of drug-likeness (QED) is 0.480. The van der Waals surface area contributed by atoms with E-state index in [1.165, 1.54) is 0 Å². The number of carbonyl (C=O) groups excluding carboxylic acids is 1. The van der Waals surface area contributed by atoms with E-state index in [-0.39, 0.29) is 5.91 Å². The first-order valence-electron chi connectivity index (χ1n) is 9.13. The van der Waals surface area contributed by atoms with Crippen molar-refractivity contribution >= 4 is 40.4 Å². The number of fused-ring (bicyclic) bond motifs is 1. The van der Waals surface area contributed by atoms with E-state index < -0.39 is 6.10 Å². The Bertz CT molecular complexity index is 1240. The molecule has 9 heteroatoms. The molecule has 0 spiro atoms. The lowest BCUT2D eigenvalue weighted by molar-refractivity contribution is -0.122. The predicted octanol–water partition coefficient (Wildman–Crippen LogP) is 4.81. The van der Waals surface area contributed by atoms with Gasteiger partial charge < -0.3 is 10.1 Å². The van der Waals surface area contributed by atoms with Gasteiger partial charge in [0.1, 0.15) is 5.75 Å². The van der Waals surface area contributed by atoms with Crippen molar-refractivity contribution in [1.82, 2.24) is 19.8 Å². The predicted molar refractivity (Wildman–Crippen MR) is 116 cm³/mol. The molecule has 1 N–H and O–H groups in total. The Morgan fingerprint density at radius 3 is 2.73 bits per heavy atom. The fourth-order valence-electron chi connectivity index (χ4n) is 2.87. The third kappa shape index (κ3) is 4.22. The number of aromatic nitrogens is 4. The van der Waals surface area contributed by atoms with Crippen molar-refractivity contribution in [2.75, 3.05) is 5.32 Å². The van der Waals surface area contributed by atoms with Crippen LogP contribution in [-0.4, -0.2) is 31.8 Å². The number of amides is 1. The minimum Gasteiger partial charge on any atom is -0.479 e. The highest BCUT2D eigenvalue weighted by Gasteiger charge is 2.17. The van der Waals surface area contributed by atoms with Crippen LogP contribution in [0.3, 0.4) is 0 Å². The molecule has 4 rings (SSSR count). The van der Waals surface area contributed by atoms with Crippen molar-refractivity contribution in [2.24, 2.45) is 0 Å². The van der Waals surface area contributed by atoms with Crippen LogP contribution >= 0.6 is 23.2 Å². The maximum atomic E-state index is 12.6. The molecule has 0 aliphatic rings. The van der Waals surface area contributed by atoms with Gasteiger partial charge in [0.15, 0.2) is 17.6 Å². The van der Waals surface area contributed by atoms with E-state index in [4.69, 9.17) is 27.9 Å². The molecule has 2 aromatic heterocycles. The molecule has 0 unspecified atom stereocenters. The lowest BCUT2D eigenvalue weighted by Gasteiger charge is -2.16. The molecule has 0 fully saturated rings. The van der Waals surface area contributed by atoms with Gasteiger partial charge in [0.25, 0.3) is 5.91 Å². The fourth-order valence-corrected chi connectivity index (χ4v) is 3.32. The average molecular weight is 442 g/mol. The zero-order valence-corrected chi connectivity index (χ0v) is 17.6. The van der Waals surface area contributed by atoms with Crippen LogP contribution in [0.4, 0.5) is 5.69 Å². The Morgan fingerprint density at radius 2 is 1.93 bits per heavy atom. The third-order valence-corrected chi connectivity index (χ3v) is 4.94. The summed E-state index contributed by atoms with van der Waals surface area (Å²) in [5, 5.41) is 16.3. The maximum absolute atomic E-state index is 12.6. The summed E-state index contributed by atoms with van der Waals surface area (Å²) in [4.78, 5) is 12.6. The van der Waals surface area contributed by atoms with Gasteiger partial charge in [-0.1, -0.05) is 35.3 Å². The van der Waals surface area contributed by atoms with Crippen molar-refractivity contribution in [2.45, 2.75) is 20.0 Å². The molecule has 152 valence electrons. The molecule has 1 atom stereocenters.